The number of nitrogens with zero attached hydrogens (tertiary/aromatic N) is 2. The second-order valence-electron chi connectivity index (χ2n) is 13.9. The number of amides is 3. The molecule has 3 fully saturated rings. The average molecular weight is 686 g/mol. The van der Waals surface area contributed by atoms with E-state index in [0.717, 1.165) is 16.7 Å². The Labute approximate surface area is 295 Å². The number of likely N-dealkylation sites (tertiary alicyclic amines) is 1. The summed E-state index contributed by atoms with van der Waals surface area (Å²) >= 11 is 0. The first kappa shape index (κ1) is 37.0. The molecule has 10 nitrogen and oxygen atoms in total. The number of benzene rings is 2. The highest BCUT2D eigenvalue weighted by Crippen LogP contribution is 2.59. The third-order valence-corrected chi connectivity index (χ3v) is 10.8. The topological polar surface area (TPSA) is 125 Å². The molecule has 0 aliphatic carbocycles. The Hall–Kier alpha value is -4.28. The SMILES string of the molecule is C=CCCC(=O)OC[C@H](NC(=O)[C@@H]1[C@@H]2CC[C@]3(O2)[C@H](C(=O)N(CC=C)c2cc(C)ccc2C)N([C@@H](CO)[C@@H](C)CC)C(=O)[C@@H]13)c1ccccc1. The van der Waals surface area contributed by atoms with Crippen molar-refractivity contribution in [3.8, 4) is 0 Å². The fourth-order valence-corrected chi connectivity index (χ4v) is 8.08. The van der Waals surface area contributed by atoms with Crippen molar-refractivity contribution >= 4 is 29.4 Å². The first-order valence-electron chi connectivity index (χ1n) is 17.7. The predicted molar refractivity (Wildman–Crippen MR) is 191 cm³/mol. The summed E-state index contributed by atoms with van der Waals surface area (Å²) in [6, 6.07) is 12.7. The van der Waals surface area contributed by atoms with Crippen molar-refractivity contribution in [2.24, 2.45) is 17.8 Å². The van der Waals surface area contributed by atoms with Gasteiger partial charge >= 0.3 is 5.97 Å². The lowest BCUT2D eigenvalue weighted by atomic mass is 9.70. The van der Waals surface area contributed by atoms with Gasteiger partial charge in [0.15, 0.2) is 0 Å². The van der Waals surface area contributed by atoms with E-state index in [0.29, 0.717) is 31.4 Å². The summed E-state index contributed by atoms with van der Waals surface area (Å²) in [5, 5.41) is 13.8. The van der Waals surface area contributed by atoms with E-state index in [2.05, 4.69) is 18.5 Å². The first-order valence-corrected chi connectivity index (χ1v) is 17.7. The van der Waals surface area contributed by atoms with Gasteiger partial charge in [-0.15, -0.1) is 13.2 Å². The molecule has 0 radical (unpaired) electrons. The molecule has 3 amide bonds. The lowest BCUT2D eigenvalue weighted by molar-refractivity contribution is -0.147. The van der Waals surface area contributed by atoms with E-state index in [4.69, 9.17) is 9.47 Å². The van der Waals surface area contributed by atoms with E-state index in [9.17, 15) is 19.5 Å². The fourth-order valence-electron chi connectivity index (χ4n) is 8.08. The summed E-state index contributed by atoms with van der Waals surface area (Å²) in [5.74, 6) is -3.46. The van der Waals surface area contributed by atoms with E-state index in [1.54, 1.807) is 22.0 Å². The van der Waals surface area contributed by atoms with Crippen LogP contribution in [0.1, 0.15) is 68.7 Å². The van der Waals surface area contributed by atoms with Crippen molar-refractivity contribution in [3.63, 3.8) is 0 Å². The van der Waals surface area contributed by atoms with Crippen LogP contribution in [0.15, 0.2) is 73.8 Å². The monoisotopic (exact) mass is 685 g/mol. The molecular formula is C40H51N3O7. The first-order chi connectivity index (χ1) is 24.0. The smallest absolute Gasteiger partial charge is 0.306 e. The van der Waals surface area contributed by atoms with E-state index < -0.39 is 53.5 Å². The standard InChI is InChI=1S/C40H51N3O7/c1-7-10-16-33(45)49-24-29(28-14-12-11-13-15-28)41-37(46)34-32-19-20-40(50-32)35(34)38(47)43(31(23-44)26(5)9-3)36(40)39(48)42(21-8-2)30-22-25(4)17-18-27(30)6/h7-8,11-15,17-18,22,26,29,31-32,34-36,44H,1-2,9-10,16,19-21,23-24H2,3-6H3,(H,41,46)/t26-,29-,31-,32-,34+,35+,36-,40+/m0/s1. The average Bonchev–Trinajstić information content (AvgIpc) is 3.77. The Morgan fingerprint density at radius 3 is 2.56 bits per heavy atom. The zero-order chi connectivity index (χ0) is 36.2. The molecule has 3 aliphatic heterocycles. The number of anilines is 1. The number of aryl methyl sites for hydroxylation is 2. The van der Waals surface area contributed by atoms with Gasteiger partial charge in [0.05, 0.1) is 36.6 Å². The molecule has 2 aromatic rings. The van der Waals surface area contributed by atoms with Crippen LogP contribution in [0.5, 0.6) is 0 Å². The number of esters is 1. The second kappa shape index (κ2) is 15.7. The van der Waals surface area contributed by atoms with Gasteiger partial charge in [-0.05, 0) is 61.8 Å². The van der Waals surface area contributed by atoms with Crippen LogP contribution in [0.25, 0.3) is 0 Å². The highest BCUT2D eigenvalue weighted by molar-refractivity contribution is 6.05. The summed E-state index contributed by atoms with van der Waals surface area (Å²) in [5.41, 5.74) is 2.06. The Kier molecular flexibility index (Phi) is 11.6. The molecule has 0 saturated carbocycles. The van der Waals surface area contributed by atoms with Crippen molar-refractivity contribution in [2.45, 2.75) is 89.6 Å². The molecule has 8 atom stereocenters. The van der Waals surface area contributed by atoms with Crippen LogP contribution in [0.3, 0.4) is 0 Å². The van der Waals surface area contributed by atoms with E-state index in [1.807, 2.05) is 76.2 Å². The highest BCUT2D eigenvalue weighted by Gasteiger charge is 2.75. The van der Waals surface area contributed by atoms with Crippen molar-refractivity contribution in [3.05, 3.63) is 90.5 Å². The Balaban J connectivity index is 1.53. The van der Waals surface area contributed by atoms with Crippen LogP contribution in [-0.2, 0) is 28.7 Å². The number of rotatable bonds is 16. The third kappa shape index (κ3) is 6.88. The van der Waals surface area contributed by atoms with Crippen LogP contribution >= 0.6 is 0 Å². The number of aliphatic hydroxyl groups is 1. The maximum atomic E-state index is 15.0. The minimum absolute atomic E-state index is 0.0894. The van der Waals surface area contributed by atoms with E-state index in [1.165, 1.54) is 0 Å². The molecule has 10 heteroatoms. The van der Waals surface area contributed by atoms with E-state index in [-0.39, 0.29) is 43.9 Å². The van der Waals surface area contributed by atoms with Crippen LogP contribution in [0, 0.1) is 31.6 Å². The number of hydrogen-bond acceptors (Lipinski definition) is 7. The number of allylic oxidation sites excluding steroid dienone is 1. The summed E-state index contributed by atoms with van der Waals surface area (Å²) in [6.07, 6.45) is 4.94. The van der Waals surface area contributed by atoms with Crippen molar-refractivity contribution in [1.29, 1.82) is 0 Å². The normalized spacial score (nSPS) is 25.4. The van der Waals surface area contributed by atoms with Crippen molar-refractivity contribution < 1.29 is 33.8 Å². The van der Waals surface area contributed by atoms with Gasteiger partial charge in [0.25, 0.3) is 5.91 Å². The molecule has 3 heterocycles. The molecule has 2 aromatic carbocycles. The third-order valence-electron chi connectivity index (χ3n) is 10.8. The molecule has 3 aliphatic rings. The van der Waals surface area contributed by atoms with Gasteiger partial charge in [-0.1, -0.05) is 74.9 Å². The summed E-state index contributed by atoms with van der Waals surface area (Å²) < 4.78 is 12.3. The number of ether oxygens (including phenoxy) is 2. The number of carbonyl (C=O) groups is 4. The molecule has 5 rings (SSSR count). The molecule has 2 N–H and O–H groups in total. The van der Waals surface area contributed by atoms with Gasteiger partial charge in [-0.3, -0.25) is 19.2 Å². The maximum Gasteiger partial charge on any atom is 0.306 e. The van der Waals surface area contributed by atoms with Gasteiger partial charge in [0.1, 0.15) is 18.2 Å². The Bertz CT molecular complexity index is 1590. The summed E-state index contributed by atoms with van der Waals surface area (Å²) in [4.78, 5) is 59.9. The number of hydrogen-bond donors (Lipinski definition) is 2. The quantitative estimate of drug-likeness (QED) is 0.189. The summed E-state index contributed by atoms with van der Waals surface area (Å²) in [7, 11) is 0. The molecule has 268 valence electrons. The zero-order valence-corrected chi connectivity index (χ0v) is 29.7. The molecular weight excluding hydrogens is 634 g/mol. The van der Waals surface area contributed by atoms with Crippen LogP contribution < -0.4 is 10.2 Å². The van der Waals surface area contributed by atoms with Crippen LogP contribution in [-0.4, -0.2) is 77.2 Å². The Morgan fingerprint density at radius 2 is 1.90 bits per heavy atom. The molecule has 2 bridgehead atoms. The Morgan fingerprint density at radius 1 is 1.16 bits per heavy atom. The maximum absolute atomic E-state index is 15.0. The minimum Gasteiger partial charge on any atom is -0.463 e. The van der Waals surface area contributed by atoms with Crippen molar-refractivity contribution in [2.75, 3.05) is 24.7 Å². The zero-order valence-electron chi connectivity index (χ0n) is 29.7. The molecule has 1 spiro atoms. The largest absolute Gasteiger partial charge is 0.463 e. The fraction of sp³-hybridized carbons (Fsp3) is 0.500. The van der Waals surface area contributed by atoms with Crippen LogP contribution in [0.4, 0.5) is 5.69 Å². The van der Waals surface area contributed by atoms with Crippen molar-refractivity contribution in [1.82, 2.24) is 10.2 Å². The van der Waals surface area contributed by atoms with Crippen LogP contribution in [0.2, 0.25) is 0 Å². The highest BCUT2D eigenvalue weighted by atomic mass is 16.5. The number of aliphatic hydroxyl groups excluding tert-OH is 1. The second-order valence-corrected chi connectivity index (χ2v) is 13.9. The molecule has 0 aromatic heterocycles. The lowest BCUT2D eigenvalue weighted by Crippen LogP contribution is -2.60. The predicted octanol–water partition coefficient (Wildman–Crippen LogP) is 4.97. The lowest BCUT2D eigenvalue weighted by Gasteiger charge is -2.41. The number of carbonyl (C=O) groups excluding carboxylic acids is 4. The van der Waals surface area contributed by atoms with Gasteiger partial charge < -0.3 is 29.7 Å². The molecule has 0 unspecified atom stereocenters. The van der Waals surface area contributed by atoms with E-state index >= 15 is 4.79 Å². The van der Waals surface area contributed by atoms with Gasteiger partial charge in [0.2, 0.25) is 11.8 Å². The van der Waals surface area contributed by atoms with Gasteiger partial charge in [-0.2, -0.15) is 0 Å². The van der Waals surface area contributed by atoms with Gasteiger partial charge in [0, 0.05) is 18.7 Å². The van der Waals surface area contributed by atoms with Gasteiger partial charge in [-0.25, -0.2) is 0 Å². The molecule has 3 saturated heterocycles. The molecule has 50 heavy (non-hydrogen) atoms. The number of fused-ring (bicyclic) bond motifs is 1. The number of nitrogens with one attached hydrogen (secondary N) is 1. The summed E-state index contributed by atoms with van der Waals surface area (Å²) in [6.45, 7) is 15.2. The minimum atomic E-state index is -1.27.